The van der Waals surface area contributed by atoms with Gasteiger partial charge in [-0.1, -0.05) is 31.9 Å². The predicted octanol–water partition coefficient (Wildman–Crippen LogP) is 3.35. The predicted molar refractivity (Wildman–Crippen MR) is 61.0 cm³/mol. The topological polar surface area (TPSA) is 26.3 Å². The van der Waals surface area contributed by atoms with Crippen molar-refractivity contribution in [1.29, 1.82) is 0 Å². The Morgan fingerprint density at radius 3 is 2.81 bits per heavy atom. The van der Waals surface area contributed by atoms with E-state index in [9.17, 15) is 9.18 Å². The van der Waals surface area contributed by atoms with Crippen molar-refractivity contribution in [3.63, 3.8) is 0 Å². The van der Waals surface area contributed by atoms with Gasteiger partial charge in [0.1, 0.15) is 12.1 Å². The Labute approximate surface area is 95.4 Å². The summed E-state index contributed by atoms with van der Waals surface area (Å²) in [6.07, 6.45) is 3.91. The number of halogens is 1. The number of hydrogen-bond acceptors (Lipinski definition) is 2. The number of rotatable bonds is 7. The van der Waals surface area contributed by atoms with Crippen molar-refractivity contribution in [1.82, 2.24) is 0 Å². The Hall–Kier alpha value is -1.22. The van der Waals surface area contributed by atoms with Gasteiger partial charge in [0, 0.05) is 17.7 Å². The van der Waals surface area contributed by atoms with Crippen LogP contribution in [0.3, 0.4) is 0 Å². The summed E-state index contributed by atoms with van der Waals surface area (Å²) in [7, 11) is 0. The Morgan fingerprint density at radius 2 is 2.19 bits per heavy atom. The van der Waals surface area contributed by atoms with Crippen LogP contribution in [0.1, 0.15) is 42.1 Å². The summed E-state index contributed by atoms with van der Waals surface area (Å²) in [5.74, 6) is -0.375. The average molecular weight is 224 g/mol. The average Bonchev–Trinajstić information content (AvgIpc) is 2.30. The zero-order valence-electron chi connectivity index (χ0n) is 9.54. The molecule has 1 aromatic carbocycles. The molecule has 0 aliphatic carbocycles. The van der Waals surface area contributed by atoms with E-state index in [4.69, 9.17) is 4.74 Å². The van der Waals surface area contributed by atoms with Crippen LogP contribution in [0.4, 0.5) is 4.39 Å². The summed E-state index contributed by atoms with van der Waals surface area (Å²) in [5, 5.41) is 0. The van der Waals surface area contributed by atoms with Crippen LogP contribution < -0.4 is 0 Å². The fraction of sp³-hybridized carbons (Fsp3) is 0.462. The molecule has 0 fully saturated rings. The fourth-order valence-corrected chi connectivity index (χ4v) is 1.39. The highest BCUT2D eigenvalue weighted by Crippen LogP contribution is 2.10. The molecule has 88 valence electrons. The fourth-order valence-electron chi connectivity index (χ4n) is 1.39. The zero-order valence-corrected chi connectivity index (χ0v) is 9.54. The number of carbonyl (C=O) groups is 1. The second-order valence-electron chi connectivity index (χ2n) is 3.73. The van der Waals surface area contributed by atoms with Crippen LogP contribution in [0, 0.1) is 5.82 Å². The van der Waals surface area contributed by atoms with Gasteiger partial charge < -0.3 is 4.74 Å². The van der Waals surface area contributed by atoms with Crippen LogP contribution in [-0.4, -0.2) is 12.9 Å². The van der Waals surface area contributed by atoms with Crippen LogP contribution in [0.5, 0.6) is 0 Å². The number of unbranched alkanes of at least 4 members (excludes halogenated alkanes) is 2. The zero-order chi connectivity index (χ0) is 11.8. The van der Waals surface area contributed by atoms with E-state index in [0.717, 1.165) is 19.3 Å². The Kier molecular flexibility index (Phi) is 5.72. The molecule has 0 atom stereocenters. The minimum absolute atomic E-state index is 0.273. The third-order valence-corrected chi connectivity index (χ3v) is 2.36. The largest absolute Gasteiger partial charge is 0.377 e. The third kappa shape index (κ3) is 4.11. The molecule has 0 aliphatic rings. The Bertz CT molecular complexity index is 337. The second-order valence-corrected chi connectivity index (χ2v) is 3.73. The van der Waals surface area contributed by atoms with E-state index < -0.39 is 0 Å². The minimum Gasteiger partial charge on any atom is -0.377 e. The molecule has 16 heavy (non-hydrogen) atoms. The summed E-state index contributed by atoms with van der Waals surface area (Å²) < 4.78 is 18.7. The number of ether oxygens (including phenoxy) is 1. The highest BCUT2D eigenvalue weighted by atomic mass is 19.1. The summed E-state index contributed by atoms with van der Waals surface area (Å²) in [4.78, 5) is 10.4. The van der Waals surface area contributed by atoms with Crippen molar-refractivity contribution < 1.29 is 13.9 Å². The molecule has 0 unspecified atom stereocenters. The van der Waals surface area contributed by atoms with Crippen LogP contribution in [0.25, 0.3) is 0 Å². The third-order valence-electron chi connectivity index (χ3n) is 2.36. The molecule has 0 saturated heterocycles. The van der Waals surface area contributed by atoms with Gasteiger partial charge in [-0.15, -0.1) is 0 Å². The first-order valence-corrected chi connectivity index (χ1v) is 5.59. The van der Waals surface area contributed by atoms with Gasteiger partial charge in [-0.25, -0.2) is 4.39 Å². The molecule has 0 spiro atoms. The maximum Gasteiger partial charge on any atom is 0.150 e. The van der Waals surface area contributed by atoms with Gasteiger partial charge in [0.2, 0.25) is 0 Å². The van der Waals surface area contributed by atoms with Crippen molar-refractivity contribution >= 4 is 6.29 Å². The summed E-state index contributed by atoms with van der Waals surface area (Å²) in [6.45, 7) is 3.05. The van der Waals surface area contributed by atoms with Crippen molar-refractivity contribution in [2.45, 2.75) is 32.8 Å². The van der Waals surface area contributed by atoms with Crippen molar-refractivity contribution in [3.8, 4) is 0 Å². The van der Waals surface area contributed by atoms with Crippen LogP contribution in [0.2, 0.25) is 0 Å². The van der Waals surface area contributed by atoms with Crippen LogP contribution in [-0.2, 0) is 11.3 Å². The van der Waals surface area contributed by atoms with Gasteiger partial charge >= 0.3 is 0 Å². The first kappa shape index (κ1) is 12.8. The molecule has 0 bridgehead atoms. The minimum atomic E-state index is -0.375. The molecule has 2 nitrogen and oxygen atoms in total. The number of hydrogen-bond donors (Lipinski definition) is 0. The molecular formula is C13H17FO2. The lowest BCUT2D eigenvalue weighted by atomic mass is 10.1. The van der Waals surface area contributed by atoms with Crippen LogP contribution in [0.15, 0.2) is 18.2 Å². The van der Waals surface area contributed by atoms with Gasteiger partial charge in [-0.3, -0.25) is 4.79 Å². The maximum absolute atomic E-state index is 13.4. The summed E-state index contributed by atoms with van der Waals surface area (Å²) in [6, 6.07) is 4.43. The first-order chi connectivity index (χ1) is 7.77. The molecule has 0 radical (unpaired) electrons. The SMILES string of the molecule is CCCCCOCc1ccc(C=O)cc1F. The molecule has 0 aromatic heterocycles. The molecule has 0 amide bonds. The van der Waals surface area contributed by atoms with Gasteiger partial charge in [0.05, 0.1) is 6.61 Å². The molecular weight excluding hydrogens is 207 g/mol. The van der Waals surface area contributed by atoms with E-state index in [2.05, 4.69) is 6.92 Å². The lowest BCUT2D eigenvalue weighted by Crippen LogP contribution is -1.98. The molecule has 0 N–H and O–H groups in total. The highest BCUT2D eigenvalue weighted by molar-refractivity contribution is 5.74. The first-order valence-electron chi connectivity index (χ1n) is 5.59. The quantitative estimate of drug-likeness (QED) is 0.524. The normalized spacial score (nSPS) is 10.4. The van der Waals surface area contributed by atoms with E-state index in [1.165, 1.54) is 6.07 Å². The lowest BCUT2D eigenvalue weighted by molar-refractivity contribution is 0.111. The van der Waals surface area contributed by atoms with E-state index >= 15 is 0 Å². The number of carbonyl (C=O) groups excluding carboxylic acids is 1. The van der Waals surface area contributed by atoms with E-state index in [1.54, 1.807) is 12.1 Å². The molecule has 0 aliphatic heterocycles. The molecule has 1 aromatic rings. The van der Waals surface area contributed by atoms with E-state index in [0.29, 0.717) is 24.0 Å². The number of aldehydes is 1. The van der Waals surface area contributed by atoms with Gasteiger partial charge in [0.25, 0.3) is 0 Å². The monoisotopic (exact) mass is 224 g/mol. The molecule has 0 saturated carbocycles. The highest BCUT2D eigenvalue weighted by Gasteiger charge is 2.03. The molecule has 1 rings (SSSR count). The Balaban J connectivity index is 2.39. The van der Waals surface area contributed by atoms with Gasteiger partial charge in [0.15, 0.2) is 0 Å². The Morgan fingerprint density at radius 1 is 1.38 bits per heavy atom. The second kappa shape index (κ2) is 7.12. The maximum atomic E-state index is 13.4. The molecule has 0 heterocycles. The lowest BCUT2D eigenvalue weighted by Gasteiger charge is -2.05. The summed E-state index contributed by atoms with van der Waals surface area (Å²) >= 11 is 0. The van der Waals surface area contributed by atoms with Gasteiger partial charge in [-0.2, -0.15) is 0 Å². The van der Waals surface area contributed by atoms with E-state index in [1.807, 2.05) is 0 Å². The van der Waals surface area contributed by atoms with Crippen molar-refractivity contribution in [3.05, 3.63) is 35.1 Å². The van der Waals surface area contributed by atoms with E-state index in [-0.39, 0.29) is 12.4 Å². The van der Waals surface area contributed by atoms with Gasteiger partial charge in [-0.05, 0) is 12.5 Å². The number of benzene rings is 1. The summed E-state index contributed by atoms with van der Waals surface area (Å²) in [5.41, 5.74) is 0.856. The van der Waals surface area contributed by atoms with Crippen LogP contribution >= 0.6 is 0 Å². The van der Waals surface area contributed by atoms with Crippen molar-refractivity contribution in [2.24, 2.45) is 0 Å². The standard InChI is InChI=1S/C13H17FO2/c1-2-3-4-7-16-10-12-6-5-11(9-15)8-13(12)14/h5-6,8-9H,2-4,7,10H2,1H3. The van der Waals surface area contributed by atoms with Crippen molar-refractivity contribution in [2.75, 3.05) is 6.61 Å². The molecule has 3 heteroatoms. The smallest absolute Gasteiger partial charge is 0.150 e.